The Morgan fingerprint density at radius 1 is 0.778 bits per heavy atom. The minimum absolute atomic E-state index is 0.563. The van der Waals surface area contributed by atoms with Gasteiger partial charge in [-0.1, -0.05) is 75.2 Å². The Hall–Kier alpha value is -1.68. The van der Waals surface area contributed by atoms with Crippen LogP contribution in [0.3, 0.4) is 0 Å². The first-order valence-corrected chi connectivity index (χ1v) is 10.1. The molecule has 0 unspecified atom stereocenters. The fourth-order valence-corrected chi connectivity index (χ4v) is 3.36. The van der Waals surface area contributed by atoms with Crippen LogP contribution in [0.25, 0.3) is 0 Å². The first kappa shape index (κ1) is 21.6. The van der Waals surface area contributed by atoms with E-state index in [9.17, 15) is 5.11 Å². The zero-order chi connectivity index (χ0) is 19.7. The highest BCUT2D eigenvalue weighted by Crippen LogP contribution is 2.38. The lowest BCUT2D eigenvalue weighted by molar-refractivity contribution is -0.229. The predicted molar refractivity (Wildman–Crippen MR) is 111 cm³/mol. The summed E-state index contributed by atoms with van der Waals surface area (Å²) in [5, 5.41) is 12.1. The van der Waals surface area contributed by atoms with Crippen LogP contribution in [-0.4, -0.2) is 24.6 Å². The number of unbranched alkanes of at least 4 members (excludes halogenated alkanes) is 2. The molecular formula is C24H34O3. The molecule has 0 aliphatic rings. The third-order valence-electron chi connectivity index (χ3n) is 4.99. The SMILES string of the molecule is CCCCOC(OCCCC)C(O)(c1ccccc1C)c1ccccc1C. The average Bonchev–Trinajstić information content (AvgIpc) is 2.67. The molecule has 0 atom stereocenters. The molecule has 1 N–H and O–H groups in total. The molecule has 2 aromatic rings. The van der Waals surface area contributed by atoms with Gasteiger partial charge in [0.2, 0.25) is 0 Å². The van der Waals surface area contributed by atoms with Gasteiger partial charge in [0.25, 0.3) is 0 Å². The Bertz CT molecular complexity index is 640. The zero-order valence-corrected chi connectivity index (χ0v) is 17.2. The van der Waals surface area contributed by atoms with Crippen LogP contribution in [-0.2, 0) is 15.1 Å². The number of rotatable bonds is 11. The van der Waals surface area contributed by atoms with Gasteiger partial charge in [-0.15, -0.1) is 0 Å². The number of benzene rings is 2. The molecular weight excluding hydrogens is 336 g/mol. The van der Waals surface area contributed by atoms with E-state index in [-0.39, 0.29) is 0 Å². The summed E-state index contributed by atoms with van der Waals surface area (Å²) in [6.07, 6.45) is 3.19. The second-order valence-corrected chi connectivity index (χ2v) is 7.18. The van der Waals surface area contributed by atoms with Gasteiger partial charge in [0.1, 0.15) is 0 Å². The van der Waals surface area contributed by atoms with Gasteiger partial charge in [0.15, 0.2) is 11.9 Å². The summed E-state index contributed by atoms with van der Waals surface area (Å²) in [5.41, 5.74) is 2.34. The van der Waals surface area contributed by atoms with E-state index >= 15 is 0 Å². The molecule has 148 valence electrons. The van der Waals surface area contributed by atoms with Gasteiger partial charge in [-0.05, 0) is 48.9 Å². The summed E-state index contributed by atoms with van der Waals surface area (Å²) < 4.78 is 12.3. The second kappa shape index (κ2) is 10.6. The number of hydrogen-bond donors (Lipinski definition) is 1. The van der Waals surface area contributed by atoms with Crippen molar-refractivity contribution in [3.05, 3.63) is 70.8 Å². The smallest absolute Gasteiger partial charge is 0.194 e. The third-order valence-corrected chi connectivity index (χ3v) is 4.99. The highest BCUT2D eigenvalue weighted by atomic mass is 16.7. The molecule has 0 heterocycles. The molecule has 2 rings (SSSR count). The molecule has 27 heavy (non-hydrogen) atoms. The van der Waals surface area contributed by atoms with Crippen molar-refractivity contribution in [3.63, 3.8) is 0 Å². The van der Waals surface area contributed by atoms with Crippen molar-refractivity contribution in [2.24, 2.45) is 0 Å². The van der Waals surface area contributed by atoms with Crippen LogP contribution in [0.15, 0.2) is 48.5 Å². The van der Waals surface area contributed by atoms with Crippen molar-refractivity contribution in [1.82, 2.24) is 0 Å². The van der Waals surface area contributed by atoms with Crippen molar-refractivity contribution >= 4 is 0 Å². The van der Waals surface area contributed by atoms with Crippen molar-refractivity contribution < 1.29 is 14.6 Å². The van der Waals surface area contributed by atoms with E-state index in [0.717, 1.165) is 47.9 Å². The van der Waals surface area contributed by atoms with Gasteiger partial charge in [-0.2, -0.15) is 0 Å². The van der Waals surface area contributed by atoms with Gasteiger partial charge in [0, 0.05) is 13.2 Å². The lowest BCUT2D eigenvalue weighted by Gasteiger charge is -2.38. The highest BCUT2D eigenvalue weighted by molar-refractivity contribution is 5.44. The molecule has 0 aliphatic carbocycles. The minimum atomic E-state index is -1.36. The van der Waals surface area contributed by atoms with E-state index in [1.165, 1.54) is 0 Å². The van der Waals surface area contributed by atoms with Gasteiger partial charge < -0.3 is 14.6 Å². The van der Waals surface area contributed by atoms with Crippen molar-refractivity contribution in [2.45, 2.75) is 65.3 Å². The van der Waals surface area contributed by atoms with E-state index in [4.69, 9.17) is 9.47 Å². The fraction of sp³-hybridized carbons (Fsp3) is 0.500. The molecule has 0 spiro atoms. The number of aryl methyl sites for hydroxylation is 2. The van der Waals surface area contributed by atoms with Crippen molar-refractivity contribution in [1.29, 1.82) is 0 Å². The van der Waals surface area contributed by atoms with Crippen LogP contribution in [0, 0.1) is 13.8 Å². The van der Waals surface area contributed by atoms with Crippen LogP contribution < -0.4 is 0 Å². The first-order valence-electron chi connectivity index (χ1n) is 10.1. The van der Waals surface area contributed by atoms with E-state index in [1.807, 2.05) is 62.4 Å². The van der Waals surface area contributed by atoms with Gasteiger partial charge in [0.05, 0.1) is 0 Å². The number of hydrogen-bond acceptors (Lipinski definition) is 3. The first-order chi connectivity index (χ1) is 13.1. The maximum Gasteiger partial charge on any atom is 0.194 e. The molecule has 3 heteroatoms. The molecule has 2 aromatic carbocycles. The van der Waals surface area contributed by atoms with Crippen molar-refractivity contribution in [3.8, 4) is 0 Å². The molecule has 0 aliphatic heterocycles. The van der Waals surface area contributed by atoms with Crippen LogP contribution >= 0.6 is 0 Å². The number of ether oxygens (including phenoxy) is 2. The Kier molecular flexibility index (Phi) is 8.49. The van der Waals surface area contributed by atoms with Crippen LogP contribution in [0.2, 0.25) is 0 Å². The average molecular weight is 371 g/mol. The van der Waals surface area contributed by atoms with Gasteiger partial charge >= 0.3 is 0 Å². The van der Waals surface area contributed by atoms with Crippen LogP contribution in [0.4, 0.5) is 0 Å². The molecule has 0 bridgehead atoms. The summed E-state index contributed by atoms with van der Waals surface area (Å²) in [5.74, 6) is 0. The second-order valence-electron chi connectivity index (χ2n) is 7.18. The highest BCUT2D eigenvalue weighted by Gasteiger charge is 2.44. The standard InChI is InChI=1S/C24H34O3/c1-5-7-17-26-23(27-18-8-6-2)24(25,21-15-11-9-13-19(21)3)22-16-12-10-14-20(22)4/h9-16,23,25H,5-8,17-18H2,1-4H3. The monoisotopic (exact) mass is 370 g/mol. The summed E-state index contributed by atoms with van der Waals surface area (Å²) in [6, 6.07) is 15.9. The quantitative estimate of drug-likeness (QED) is 0.419. The maximum atomic E-state index is 12.1. The molecule has 0 aromatic heterocycles. The Labute approximate surface area is 164 Å². The molecule has 0 saturated carbocycles. The lowest BCUT2D eigenvalue weighted by atomic mass is 9.81. The summed E-state index contributed by atoms with van der Waals surface area (Å²) in [6.45, 7) is 9.43. The maximum absolute atomic E-state index is 12.1. The zero-order valence-electron chi connectivity index (χ0n) is 17.2. The van der Waals surface area contributed by atoms with E-state index < -0.39 is 11.9 Å². The third kappa shape index (κ3) is 5.19. The van der Waals surface area contributed by atoms with Crippen LogP contribution in [0.5, 0.6) is 0 Å². The Morgan fingerprint density at radius 2 is 1.19 bits per heavy atom. The lowest BCUT2D eigenvalue weighted by Crippen LogP contribution is -2.45. The fourth-order valence-electron chi connectivity index (χ4n) is 3.36. The topological polar surface area (TPSA) is 38.7 Å². The summed E-state index contributed by atoms with van der Waals surface area (Å²) in [4.78, 5) is 0. The minimum Gasteiger partial charge on any atom is -0.375 e. The molecule has 0 amide bonds. The van der Waals surface area contributed by atoms with Gasteiger partial charge in [-0.25, -0.2) is 0 Å². The van der Waals surface area contributed by atoms with Gasteiger partial charge in [-0.3, -0.25) is 0 Å². The van der Waals surface area contributed by atoms with E-state index in [1.54, 1.807) is 0 Å². The van der Waals surface area contributed by atoms with Crippen LogP contribution in [0.1, 0.15) is 61.8 Å². The van der Waals surface area contributed by atoms with E-state index in [0.29, 0.717) is 13.2 Å². The molecule has 0 saturated heterocycles. The Morgan fingerprint density at radius 3 is 1.56 bits per heavy atom. The van der Waals surface area contributed by atoms with Crippen molar-refractivity contribution in [2.75, 3.05) is 13.2 Å². The summed E-state index contributed by atoms with van der Waals surface area (Å²) in [7, 11) is 0. The number of aliphatic hydroxyl groups is 1. The molecule has 0 fully saturated rings. The van der Waals surface area contributed by atoms with E-state index in [2.05, 4.69) is 13.8 Å². The molecule has 3 nitrogen and oxygen atoms in total. The Balaban J connectivity index is 2.53. The largest absolute Gasteiger partial charge is 0.375 e. The molecule has 0 radical (unpaired) electrons. The predicted octanol–water partition coefficient (Wildman–Crippen LogP) is 5.50. The normalized spacial score (nSPS) is 11.9. The summed E-state index contributed by atoms with van der Waals surface area (Å²) >= 11 is 0.